The van der Waals surface area contributed by atoms with E-state index in [-0.39, 0.29) is 17.6 Å². The van der Waals surface area contributed by atoms with Crippen molar-refractivity contribution in [2.75, 3.05) is 7.11 Å². The normalized spacial score (nSPS) is 18.4. The second-order valence-electron chi connectivity index (χ2n) is 7.86. The van der Waals surface area contributed by atoms with E-state index in [9.17, 15) is 4.79 Å². The van der Waals surface area contributed by atoms with Crippen LogP contribution in [-0.2, 0) is 4.79 Å². The number of nitrogens with one attached hydrogen (secondary N) is 1. The topological polar surface area (TPSA) is 56.8 Å². The molecule has 0 unspecified atom stereocenters. The summed E-state index contributed by atoms with van der Waals surface area (Å²) in [6.45, 7) is 8.02. The number of hydrogen-bond acceptors (Lipinski definition) is 4. The van der Waals surface area contributed by atoms with Gasteiger partial charge >= 0.3 is 0 Å². The van der Waals surface area contributed by atoms with Crippen molar-refractivity contribution in [2.24, 2.45) is 0 Å². The van der Waals surface area contributed by atoms with Gasteiger partial charge in [-0.3, -0.25) is 4.79 Å². The first kappa shape index (κ1) is 20.1. The third-order valence-corrected chi connectivity index (χ3v) is 4.95. The molecule has 2 atom stereocenters. The van der Waals surface area contributed by atoms with Gasteiger partial charge in [-0.25, -0.2) is 0 Å². The highest BCUT2D eigenvalue weighted by molar-refractivity contribution is 5.81. The van der Waals surface area contributed by atoms with E-state index in [0.29, 0.717) is 18.6 Å². The third-order valence-electron chi connectivity index (χ3n) is 4.95. The number of methoxy groups -OCH3 is 1. The van der Waals surface area contributed by atoms with E-state index in [4.69, 9.17) is 14.2 Å². The lowest BCUT2D eigenvalue weighted by molar-refractivity contribution is -0.129. The Balaban J connectivity index is 1.79. The lowest BCUT2D eigenvalue weighted by atomic mass is 9.89. The molecule has 1 N–H and O–H groups in total. The fourth-order valence-corrected chi connectivity index (χ4v) is 3.46. The first-order valence-electron chi connectivity index (χ1n) is 9.72. The number of carbonyl (C=O) groups is 1. The molecular weight excluding hydrogens is 354 g/mol. The van der Waals surface area contributed by atoms with Crippen LogP contribution in [0.5, 0.6) is 17.2 Å². The van der Waals surface area contributed by atoms with Crippen LogP contribution in [0.4, 0.5) is 0 Å². The number of benzene rings is 2. The molecule has 1 heterocycles. The number of amides is 1. The highest BCUT2D eigenvalue weighted by Crippen LogP contribution is 2.41. The van der Waals surface area contributed by atoms with E-state index in [1.165, 1.54) is 0 Å². The van der Waals surface area contributed by atoms with Crippen molar-refractivity contribution in [3.8, 4) is 17.2 Å². The zero-order chi connectivity index (χ0) is 20.3. The number of aryl methyl sites for hydroxylation is 1. The van der Waals surface area contributed by atoms with Gasteiger partial charge < -0.3 is 19.5 Å². The molecule has 0 bridgehead atoms. The van der Waals surface area contributed by atoms with Crippen LogP contribution < -0.4 is 19.5 Å². The minimum absolute atomic E-state index is 0.125. The molecule has 1 aliphatic rings. The van der Waals surface area contributed by atoms with E-state index < -0.39 is 6.10 Å². The molecule has 0 saturated carbocycles. The molecule has 3 rings (SSSR count). The molecule has 0 aliphatic carbocycles. The van der Waals surface area contributed by atoms with Crippen molar-refractivity contribution in [1.29, 1.82) is 0 Å². The number of ether oxygens (including phenoxy) is 3. The Morgan fingerprint density at radius 1 is 1.21 bits per heavy atom. The summed E-state index contributed by atoms with van der Waals surface area (Å²) in [6.07, 6.45) is 0.694. The minimum atomic E-state index is -0.553. The van der Waals surface area contributed by atoms with Crippen molar-refractivity contribution < 1.29 is 19.0 Å². The fourth-order valence-electron chi connectivity index (χ4n) is 3.46. The maximum atomic E-state index is 13.0. The number of hydrogen-bond donors (Lipinski definition) is 1. The second kappa shape index (κ2) is 8.13. The van der Waals surface area contributed by atoms with E-state index in [1.807, 2.05) is 70.2 Å². The first-order valence-corrected chi connectivity index (χ1v) is 9.72. The van der Waals surface area contributed by atoms with Crippen LogP contribution in [0.1, 0.15) is 50.8 Å². The predicted octanol–water partition coefficient (Wildman–Crippen LogP) is 4.58. The van der Waals surface area contributed by atoms with Gasteiger partial charge in [0.1, 0.15) is 22.8 Å². The van der Waals surface area contributed by atoms with Gasteiger partial charge in [0.25, 0.3) is 5.91 Å². The van der Waals surface area contributed by atoms with E-state index >= 15 is 0 Å². The van der Waals surface area contributed by atoms with Gasteiger partial charge in [-0.05, 0) is 57.5 Å². The molecule has 1 aliphatic heterocycles. The smallest absolute Gasteiger partial charge is 0.261 e. The number of rotatable bonds is 6. The molecule has 0 spiro atoms. The molecule has 2 aromatic rings. The van der Waals surface area contributed by atoms with E-state index in [1.54, 1.807) is 7.11 Å². The van der Waals surface area contributed by atoms with Crippen molar-refractivity contribution in [3.63, 3.8) is 0 Å². The zero-order valence-corrected chi connectivity index (χ0v) is 17.2. The van der Waals surface area contributed by atoms with E-state index in [2.05, 4.69) is 5.32 Å². The molecule has 0 aromatic heterocycles. The zero-order valence-electron chi connectivity index (χ0n) is 17.2. The molecule has 28 heavy (non-hydrogen) atoms. The molecule has 150 valence electrons. The molecule has 5 nitrogen and oxygen atoms in total. The molecule has 0 saturated heterocycles. The van der Waals surface area contributed by atoms with Crippen molar-refractivity contribution in [3.05, 3.63) is 53.6 Å². The SMILES string of the molecule is CC[C@@H](Oc1ccc(C)cc1)C(=O)N[C@@H]1CC(C)(C)Oc2ccc(OC)cc21. The van der Waals surface area contributed by atoms with Crippen LogP contribution in [0.15, 0.2) is 42.5 Å². The van der Waals surface area contributed by atoms with Crippen LogP contribution in [0.25, 0.3) is 0 Å². The van der Waals surface area contributed by atoms with Gasteiger partial charge in [0, 0.05) is 12.0 Å². The van der Waals surface area contributed by atoms with Gasteiger partial charge in [0.15, 0.2) is 6.10 Å². The standard InChI is InChI=1S/C23H29NO4/c1-6-20(27-16-9-7-15(2)8-10-16)22(25)24-19-14-23(3,4)28-21-12-11-17(26-5)13-18(19)21/h7-13,19-20H,6,14H2,1-5H3,(H,24,25)/t19-,20-/m1/s1. The highest BCUT2D eigenvalue weighted by atomic mass is 16.5. The Bertz CT molecular complexity index is 829. The Hall–Kier alpha value is -2.69. The summed E-state index contributed by atoms with van der Waals surface area (Å²) in [5.74, 6) is 2.08. The van der Waals surface area contributed by atoms with Crippen LogP contribution in [-0.4, -0.2) is 24.7 Å². The summed E-state index contributed by atoms with van der Waals surface area (Å²) in [4.78, 5) is 13.0. The van der Waals surface area contributed by atoms with Gasteiger partial charge in [-0.1, -0.05) is 24.6 Å². The maximum absolute atomic E-state index is 13.0. The van der Waals surface area contributed by atoms with Crippen molar-refractivity contribution in [1.82, 2.24) is 5.32 Å². The lowest BCUT2D eigenvalue weighted by Crippen LogP contribution is -2.45. The molecule has 2 aromatic carbocycles. The van der Waals surface area contributed by atoms with Crippen LogP contribution >= 0.6 is 0 Å². The summed E-state index contributed by atoms with van der Waals surface area (Å²) < 4.78 is 17.4. The van der Waals surface area contributed by atoms with E-state index in [0.717, 1.165) is 22.6 Å². The molecule has 0 radical (unpaired) electrons. The summed E-state index contributed by atoms with van der Waals surface area (Å²) in [6, 6.07) is 13.3. The minimum Gasteiger partial charge on any atom is -0.497 e. The average molecular weight is 383 g/mol. The van der Waals surface area contributed by atoms with Crippen LogP contribution in [0, 0.1) is 6.92 Å². The molecule has 5 heteroatoms. The number of carbonyl (C=O) groups excluding carboxylic acids is 1. The summed E-state index contributed by atoms with van der Waals surface area (Å²) in [7, 11) is 1.63. The maximum Gasteiger partial charge on any atom is 0.261 e. The molecule has 0 fully saturated rings. The first-order chi connectivity index (χ1) is 13.3. The second-order valence-corrected chi connectivity index (χ2v) is 7.86. The van der Waals surface area contributed by atoms with Gasteiger partial charge in [-0.15, -0.1) is 0 Å². The van der Waals surface area contributed by atoms with Crippen molar-refractivity contribution in [2.45, 2.75) is 58.3 Å². The summed E-state index contributed by atoms with van der Waals surface area (Å²) in [5.41, 5.74) is 1.70. The third kappa shape index (κ3) is 4.58. The Morgan fingerprint density at radius 3 is 2.54 bits per heavy atom. The molecule has 1 amide bonds. The van der Waals surface area contributed by atoms with Crippen molar-refractivity contribution >= 4 is 5.91 Å². The summed E-state index contributed by atoms with van der Waals surface area (Å²) in [5, 5.41) is 3.17. The predicted molar refractivity (Wildman–Crippen MR) is 109 cm³/mol. The average Bonchev–Trinajstić information content (AvgIpc) is 2.66. The Labute approximate surface area is 167 Å². The molecular formula is C23H29NO4. The van der Waals surface area contributed by atoms with Gasteiger partial charge in [0.05, 0.1) is 13.2 Å². The fraction of sp³-hybridized carbons (Fsp3) is 0.435. The monoisotopic (exact) mass is 383 g/mol. The van der Waals surface area contributed by atoms with Crippen LogP contribution in [0.2, 0.25) is 0 Å². The number of fused-ring (bicyclic) bond motifs is 1. The van der Waals surface area contributed by atoms with Crippen LogP contribution in [0.3, 0.4) is 0 Å². The summed E-state index contributed by atoms with van der Waals surface area (Å²) >= 11 is 0. The Kier molecular flexibility index (Phi) is 5.82. The lowest BCUT2D eigenvalue weighted by Gasteiger charge is -2.38. The highest BCUT2D eigenvalue weighted by Gasteiger charge is 2.36. The largest absolute Gasteiger partial charge is 0.497 e. The van der Waals surface area contributed by atoms with Gasteiger partial charge in [-0.2, -0.15) is 0 Å². The quantitative estimate of drug-likeness (QED) is 0.793. The van der Waals surface area contributed by atoms with Gasteiger partial charge in [0.2, 0.25) is 0 Å². The Morgan fingerprint density at radius 2 is 1.89 bits per heavy atom.